The molecular weight excluding hydrogens is 476 g/mol. The molecule has 0 N–H and O–H groups in total. The van der Waals surface area contributed by atoms with Crippen molar-refractivity contribution in [3.8, 4) is 0 Å². The summed E-state index contributed by atoms with van der Waals surface area (Å²) in [7, 11) is 4.27. The van der Waals surface area contributed by atoms with Gasteiger partial charge in [-0.3, -0.25) is 0 Å². The summed E-state index contributed by atoms with van der Waals surface area (Å²) in [6.45, 7) is 2.05. The van der Waals surface area contributed by atoms with Crippen LogP contribution in [0.4, 0.5) is 0 Å². The highest BCUT2D eigenvalue weighted by molar-refractivity contribution is 5.84. The van der Waals surface area contributed by atoms with E-state index in [2.05, 4.69) is 142 Å². The van der Waals surface area contributed by atoms with E-state index in [4.69, 9.17) is 0 Å². The van der Waals surface area contributed by atoms with Crippen molar-refractivity contribution in [2.45, 2.75) is 45.2 Å². The molecule has 0 saturated carbocycles. The molecule has 0 atom stereocenters. The van der Waals surface area contributed by atoms with E-state index < -0.39 is 0 Å². The van der Waals surface area contributed by atoms with Crippen LogP contribution in [0.25, 0.3) is 21.8 Å². The minimum atomic E-state index is 1.03. The van der Waals surface area contributed by atoms with Gasteiger partial charge in [-0.2, -0.15) is 0 Å². The van der Waals surface area contributed by atoms with Crippen molar-refractivity contribution in [2.24, 2.45) is 14.1 Å². The Morgan fingerprint density at radius 1 is 0.513 bits per heavy atom. The number of nitrogens with zero attached hydrogens (tertiary/aromatic N) is 4. The molecule has 39 heavy (non-hydrogen) atoms. The zero-order valence-corrected chi connectivity index (χ0v) is 23.1. The number of fused-ring (bicyclic) bond motifs is 2. The van der Waals surface area contributed by atoms with Gasteiger partial charge in [0.15, 0.2) is 37.9 Å². The minimum Gasteiger partial charge on any atom is -0.350 e. The van der Waals surface area contributed by atoms with Gasteiger partial charge in [0.05, 0.1) is 6.42 Å². The molecule has 0 bridgehead atoms. The van der Waals surface area contributed by atoms with Gasteiger partial charge in [-0.05, 0) is 60.1 Å². The van der Waals surface area contributed by atoms with Crippen LogP contribution in [-0.4, -0.2) is 9.13 Å². The molecule has 0 fully saturated rings. The van der Waals surface area contributed by atoms with Crippen molar-refractivity contribution in [2.75, 3.05) is 0 Å². The SMILES string of the molecule is Cn1cc(CCc2cc[n+](CCC[n+]3ccc(CCc4cn(C)c5ccccc45)cc3)cc2)c2ccccc21. The second-order valence-electron chi connectivity index (χ2n) is 10.8. The molecule has 4 nitrogen and oxygen atoms in total. The maximum atomic E-state index is 2.31. The van der Waals surface area contributed by atoms with Crippen LogP contribution in [0.3, 0.4) is 0 Å². The summed E-state index contributed by atoms with van der Waals surface area (Å²) < 4.78 is 9.09. The van der Waals surface area contributed by atoms with Gasteiger partial charge in [-0.25, -0.2) is 9.13 Å². The first-order chi connectivity index (χ1) is 19.1. The smallest absolute Gasteiger partial charge is 0.169 e. The third kappa shape index (κ3) is 5.65. The summed E-state index contributed by atoms with van der Waals surface area (Å²) in [6.07, 6.45) is 18.9. The minimum absolute atomic E-state index is 1.03. The van der Waals surface area contributed by atoms with Crippen LogP contribution in [0.2, 0.25) is 0 Å². The maximum Gasteiger partial charge on any atom is 0.169 e. The molecule has 196 valence electrons. The normalized spacial score (nSPS) is 11.5. The van der Waals surface area contributed by atoms with Crippen LogP contribution in [-0.2, 0) is 52.9 Å². The van der Waals surface area contributed by atoms with Crippen molar-refractivity contribution in [3.05, 3.63) is 132 Å². The van der Waals surface area contributed by atoms with Gasteiger partial charge in [-0.1, -0.05) is 36.4 Å². The predicted molar refractivity (Wildman–Crippen MR) is 159 cm³/mol. The van der Waals surface area contributed by atoms with Crippen molar-refractivity contribution < 1.29 is 9.13 Å². The molecule has 0 spiro atoms. The van der Waals surface area contributed by atoms with E-state index in [-0.39, 0.29) is 0 Å². The van der Waals surface area contributed by atoms with E-state index in [0.29, 0.717) is 0 Å². The molecule has 0 unspecified atom stereocenters. The zero-order chi connectivity index (χ0) is 26.6. The molecule has 4 aromatic heterocycles. The van der Waals surface area contributed by atoms with Crippen LogP contribution in [0, 0.1) is 0 Å². The highest BCUT2D eigenvalue weighted by Gasteiger charge is 2.10. The summed E-state index contributed by atoms with van der Waals surface area (Å²) >= 11 is 0. The molecule has 0 aliphatic rings. The fourth-order valence-electron chi connectivity index (χ4n) is 5.85. The molecule has 4 heterocycles. The largest absolute Gasteiger partial charge is 0.350 e. The number of benzene rings is 2. The Bertz CT molecular complexity index is 1560. The lowest BCUT2D eigenvalue weighted by Gasteiger charge is -2.02. The summed E-state index contributed by atoms with van der Waals surface area (Å²) in [5.41, 5.74) is 8.28. The van der Waals surface area contributed by atoms with Crippen molar-refractivity contribution in [1.82, 2.24) is 9.13 Å². The molecular formula is C35H38N4+2. The first-order valence-electron chi connectivity index (χ1n) is 14.2. The quantitative estimate of drug-likeness (QED) is 0.202. The van der Waals surface area contributed by atoms with Gasteiger partial charge in [0, 0.05) is 72.6 Å². The van der Waals surface area contributed by atoms with E-state index in [1.807, 2.05) is 0 Å². The zero-order valence-electron chi connectivity index (χ0n) is 23.1. The molecule has 0 aliphatic carbocycles. The van der Waals surface area contributed by atoms with Crippen LogP contribution in [0.15, 0.2) is 110 Å². The predicted octanol–water partition coefficient (Wildman–Crippen LogP) is 5.91. The number of hydrogen-bond donors (Lipinski definition) is 0. The number of aryl methyl sites for hydroxylation is 8. The van der Waals surface area contributed by atoms with Gasteiger partial charge < -0.3 is 9.13 Å². The van der Waals surface area contributed by atoms with Gasteiger partial charge in [0.2, 0.25) is 0 Å². The van der Waals surface area contributed by atoms with E-state index in [0.717, 1.165) is 45.2 Å². The number of pyridine rings is 2. The van der Waals surface area contributed by atoms with Crippen LogP contribution < -0.4 is 9.13 Å². The fourth-order valence-corrected chi connectivity index (χ4v) is 5.85. The van der Waals surface area contributed by atoms with Crippen LogP contribution in [0.5, 0.6) is 0 Å². The monoisotopic (exact) mass is 514 g/mol. The molecule has 0 aliphatic heterocycles. The Morgan fingerprint density at radius 3 is 1.36 bits per heavy atom. The number of para-hydroxylation sites is 2. The second-order valence-corrected chi connectivity index (χ2v) is 10.8. The summed E-state index contributed by atoms with van der Waals surface area (Å²) in [6, 6.07) is 26.5. The molecule has 6 rings (SSSR count). The fraction of sp³-hybridized carbons (Fsp3) is 0.257. The van der Waals surface area contributed by atoms with Gasteiger partial charge >= 0.3 is 0 Å². The molecule has 4 heteroatoms. The number of hydrogen-bond acceptors (Lipinski definition) is 0. The Kier molecular flexibility index (Phi) is 7.27. The first kappa shape index (κ1) is 25.1. The Morgan fingerprint density at radius 2 is 0.923 bits per heavy atom. The molecule has 6 aromatic rings. The maximum absolute atomic E-state index is 2.31. The van der Waals surface area contributed by atoms with Crippen molar-refractivity contribution in [3.63, 3.8) is 0 Å². The number of aromatic nitrogens is 4. The Balaban J connectivity index is 0.967. The standard InChI is InChI=1S/C35H38N4/c1-36-26-30(32-8-3-5-10-34(32)36)14-12-28-16-22-38(23-17-28)20-7-21-39-24-18-29(19-25-39)13-15-31-27-37(2)35-11-6-4-9-33(31)35/h3-6,8-11,16-19,22-27H,7,12-15,20-21H2,1-2H3/q+2. The lowest BCUT2D eigenvalue weighted by Crippen LogP contribution is -2.38. The summed E-state index contributed by atoms with van der Waals surface area (Å²) in [5, 5.41) is 2.75. The highest BCUT2D eigenvalue weighted by atomic mass is 15.0. The molecule has 0 radical (unpaired) electrons. The van der Waals surface area contributed by atoms with Crippen molar-refractivity contribution in [1.29, 1.82) is 0 Å². The highest BCUT2D eigenvalue weighted by Crippen LogP contribution is 2.22. The van der Waals surface area contributed by atoms with Crippen LogP contribution in [0.1, 0.15) is 28.7 Å². The Labute approximate surface area is 231 Å². The lowest BCUT2D eigenvalue weighted by molar-refractivity contribution is -0.727. The third-order valence-corrected chi connectivity index (χ3v) is 8.08. The van der Waals surface area contributed by atoms with Gasteiger partial charge in [0.1, 0.15) is 0 Å². The molecule has 2 aromatic carbocycles. The number of rotatable bonds is 10. The summed E-state index contributed by atoms with van der Waals surface area (Å²) in [5.74, 6) is 0. The second kappa shape index (κ2) is 11.3. The van der Waals surface area contributed by atoms with E-state index in [1.54, 1.807) is 0 Å². The van der Waals surface area contributed by atoms with Crippen LogP contribution >= 0.6 is 0 Å². The lowest BCUT2D eigenvalue weighted by atomic mass is 10.0. The average molecular weight is 515 g/mol. The topological polar surface area (TPSA) is 17.6 Å². The Hall–Kier alpha value is -4.18. The third-order valence-electron chi connectivity index (χ3n) is 8.08. The van der Waals surface area contributed by atoms with E-state index >= 15 is 0 Å². The van der Waals surface area contributed by atoms with E-state index in [9.17, 15) is 0 Å². The molecule has 0 saturated heterocycles. The molecule has 0 amide bonds. The van der Waals surface area contributed by atoms with E-state index in [1.165, 1.54) is 44.1 Å². The van der Waals surface area contributed by atoms with Crippen molar-refractivity contribution >= 4 is 21.8 Å². The average Bonchev–Trinajstić information content (AvgIpc) is 3.48. The first-order valence-corrected chi connectivity index (χ1v) is 14.2. The summed E-state index contributed by atoms with van der Waals surface area (Å²) in [4.78, 5) is 0. The van der Waals surface area contributed by atoms with Gasteiger partial charge in [0.25, 0.3) is 0 Å². The van der Waals surface area contributed by atoms with Gasteiger partial charge in [-0.15, -0.1) is 0 Å².